The number of carbonyl (C=O) groups is 3. The number of rotatable bonds is 8. The van der Waals surface area contributed by atoms with E-state index in [1.807, 2.05) is 0 Å². The molecule has 3 N–H and O–H groups in total. The molecule has 40 heavy (non-hydrogen) atoms. The van der Waals surface area contributed by atoms with Crippen molar-refractivity contribution in [1.82, 2.24) is 5.32 Å². The monoisotopic (exact) mass is 560 g/mol. The third-order valence-electron chi connectivity index (χ3n) is 8.54. The lowest BCUT2D eigenvalue weighted by Crippen LogP contribution is -2.48. The molecule has 8 nitrogen and oxygen atoms in total. The molecule has 3 aliphatic carbocycles. The molecule has 0 radical (unpaired) electrons. The number of hydrogen-bond acceptors (Lipinski definition) is 5. The number of carboxylic acid groups (broad SMARTS) is 1. The number of ether oxygens (including phenoxy) is 2. The predicted molar refractivity (Wildman–Crippen MR) is 138 cm³/mol. The molecule has 0 saturated heterocycles. The summed E-state index contributed by atoms with van der Waals surface area (Å²) in [5, 5.41) is 14.5. The molecule has 0 aliphatic heterocycles. The number of methoxy groups -OCH3 is 1. The first kappa shape index (κ1) is 27.8. The molecular formula is C29H31F3N2O6. The van der Waals surface area contributed by atoms with Crippen molar-refractivity contribution in [2.45, 2.75) is 57.1 Å². The standard InChI is InChI=1S/C29H31F3N2O6/c1-39-22-13-21(32)23(40-17-9-7-14(8-10-17)29(37)38)12-18(22)27(35)33-25-16-6-5-15(11-16)24(25)28(36)34-26-19(30)3-2-4-20(26)31/h2-4,12-17,24-25H,5-11H2,1H3,(H,33,35)(H,34,36)(H,37,38)/t14?,15-,16+,17?,24+,25-/m1/s1. The molecule has 4 atom stereocenters. The summed E-state index contributed by atoms with van der Waals surface area (Å²) in [7, 11) is 1.30. The summed E-state index contributed by atoms with van der Waals surface area (Å²) in [5.74, 6) is -5.92. The summed E-state index contributed by atoms with van der Waals surface area (Å²) in [5.41, 5.74) is -0.514. The molecule has 0 unspecified atom stereocenters. The van der Waals surface area contributed by atoms with Crippen molar-refractivity contribution >= 4 is 23.5 Å². The zero-order valence-corrected chi connectivity index (χ0v) is 21.9. The molecule has 3 aliphatic rings. The van der Waals surface area contributed by atoms with E-state index in [4.69, 9.17) is 9.47 Å². The number of fused-ring (bicyclic) bond motifs is 2. The fraction of sp³-hybridized carbons (Fsp3) is 0.483. The van der Waals surface area contributed by atoms with Crippen molar-refractivity contribution < 1.29 is 42.1 Å². The van der Waals surface area contributed by atoms with Gasteiger partial charge >= 0.3 is 5.97 Å². The quantitative estimate of drug-likeness (QED) is 0.423. The fourth-order valence-corrected chi connectivity index (χ4v) is 6.51. The first-order valence-electron chi connectivity index (χ1n) is 13.5. The Hall–Kier alpha value is -3.76. The zero-order valence-electron chi connectivity index (χ0n) is 21.9. The highest BCUT2D eigenvalue weighted by Crippen LogP contribution is 2.49. The van der Waals surface area contributed by atoms with Gasteiger partial charge in [0, 0.05) is 12.1 Å². The topological polar surface area (TPSA) is 114 Å². The second-order valence-corrected chi connectivity index (χ2v) is 10.9. The van der Waals surface area contributed by atoms with Gasteiger partial charge in [0.2, 0.25) is 5.91 Å². The number of amides is 2. The van der Waals surface area contributed by atoms with Crippen LogP contribution in [-0.2, 0) is 9.59 Å². The maximum Gasteiger partial charge on any atom is 0.306 e. The van der Waals surface area contributed by atoms with Crippen LogP contribution in [-0.4, -0.2) is 42.1 Å². The van der Waals surface area contributed by atoms with Crippen molar-refractivity contribution in [3.63, 3.8) is 0 Å². The van der Waals surface area contributed by atoms with Gasteiger partial charge in [0.15, 0.2) is 11.6 Å². The highest BCUT2D eigenvalue weighted by molar-refractivity contribution is 5.99. The van der Waals surface area contributed by atoms with Crippen LogP contribution < -0.4 is 20.1 Å². The summed E-state index contributed by atoms with van der Waals surface area (Å²) in [6, 6.07) is 5.03. The summed E-state index contributed by atoms with van der Waals surface area (Å²) >= 11 is 0. The Morgan fingerprint density at radius 2 is 1.57 bits per heavy atom. The molecule has 0 aromatic heterocycles. The summed E-state index contributed by atoms with van der Waals surface area (Å²) in [4.78, 5) is 37.9. The van der Waals surface area contributed by atoms with E-state index in [0.717, 1.165) is 31.0 Å². The number of carbonyl (C=O) groups excluding carboxylic acids is 2. The Balaban J connectivity index is 1.33. The van der Waals surface area contributed by atoms with Gasteiger partial charge in [0.25, 0.3) is 5.91 Å². The van der Waals surface area contributed by atoms with E-state index in [2.05, 4.69) is 10.6 Å². The molecule has 214 valence electrons. The lowest BCUT2D eigenvalue weighted by Gasteiger charge is -2.31. The molecule has 2 bridgehead atoms. The van der Waals surface area contributed by atoms with Crippen LogP contribution >= 0.6 is 0 Å². The van der Waals surface area contributed by atoms with E-state index in [1.165, 1.54) is 19.2 Å². The van der Waals surface area contributed by atoms with Gasteiger partial charge < -0.3 is 25.2 Å². The number of benzene rings is 2. The second kappa shape index (κ2) is 11.4. The number of nitrogens with one attached hydrogen (secondary N) is 2. The Labute approximate surface area is 229 Å². The van der Waals surface area contributed by atoms with Crippen LogP contribution in [0.3, 0.4) is 0 Å². The van der Waals surface area contributed by atoms with Gasteiger partial charge in [-0.1, -0.05) is 6.07 Å². The maximum atomic E-state index is 14.9. The lowest BCUT2D eigenvalue weighted by atomic mass is 9.83. The van der Waals surface area contributed by atoms with Crippen molar-refractivity contribution in [3.8, 4) is 11.5 Å². The van der Waals surface area contributed by atoms with E-state index in [-0.39, 0.29) is 28.9 Å². The van der Waals surface area contributed by atoms with Crippen molar-refractivity contribution in [3.05, 3.63) is 53.3 Å². The third kappa shape index (κ3) is 5.46. The van der Waals surface area contributed by atoms with Gasteiger partial charge in [0.1, 0.15) is 23.1 Å². The first-order chi connectivity index (χ1) is 19.2. The second-order valence-electron chi connectivity index (χ2n) is 10.9. The van der Waals surface area contributed by atoms with Gasteiger partial charge in [0.05, 0.1) is 30.6 Å². The zero-order chi connectivity index (χ0) is 28.6. The van der Waals surface area contributed by atoms with Gasteiger partial charge in [-0.05, 0) is 75.0 Å². The van der Waals surface area contributed by atoms with E-state index < -0.39 is 64.9 Å². The van der Waals surface area contributed by atoms with Gasteiger partial charge in [-0.25, -0.2) is 13.2 Å². The van der Waals surface area contributed by atoms with Crippen molar-refractivity contribution in [2.75, 3.05) is 12.4 Å². The minimum Gasteiger partial charge on any atom is -0.496 e. The van der Waals surface area contributed by atoms with Crippen LogP contribution in [0.5, 0.6) is 11.5 Å². The average Bonchev–Trinajstić information content (AvgIpc) is 3.54. The third-order valence-corrected chi connectivity index (χ3v) is 8.54. The largest absolute Gasteiger partial charge is 0.496 e. The summed E-state index contributed by atoms with van der Waals surface area (Å²) in [6.45, 7) is 0. The smallest absolute Gasteiger partial charge is 0.306 e. The van der Waals surface area contributed by atoms with Crippen LogP contribution in [0.2, 0.25) is 0 Å². The van der Waals surface area contributed by atoms with Crippen LogP contribution in [0.4, 0.5) is 18.9 Å². The highest BCUT2D eigenvalue weighted by Gasteiger charge is 2.51. The number of carboxylic acids is 1. The summed E-state index contributed by atoms with van der Waals surface area (Å²) in [6.07, 6.45) is 3.55. The number of hydrogen-bond donors (Lipinski definition) is 3. The van der Waals surface area contributed by atoms with Crippen molar-refractivity contribution in [2.24, 2.45) is 23.7 Å². The minimum atomic E-state index is -0.892. The number of halogens is 3. The SMILES string of the molecule is COc1cc(F)c(OC2CCC(C(=O)O)CC2)cc1C(=O)N[C@@H]1[C@H]2CC[C@H](C2)[C@@H]1C(=O)Nc1c(F)cccc1F. The Morgan fingerprint density at radius 3 is 2.23 bits per heavy atom. The number of para-hydroxylation sites is 1. The normalized spacial score (nSPS) is 27.2. The Bertz CT molecular complexity index is 1290. The highest BCUT2D eigenvalue weighted by atomic mass is 19.1. The van der Waals surface area contributed by atoms with E-state index in [0.29, 0.717) is 32.1 Å². The van der Waals surface area contributed by atoms with Gasteiger partial charge in [-0.3, -0.25) is 14.4 Å². The molecule has 2 aromatic rings. The molecule has 5 rings (SSSR count). The Kier molecular flexibility index (Phi) is 7.91. The van der Waals surface area contributed by atoms with Crippen molar-refractivity contribution in [1.29, 1.82) is 0 Å². The molecule has 3 fully saturated rings. The van der Waals surface area contributed by atoms with Crippen LogP contribution in [0.25, 0.3) is 0 Å². The minimum absolute atomic E-state index is 0.00162. The van der Waals surface area contributed by atoms with Crippen LogP contribution in [0.1, 0.15) is 55.3 Å². The van der Waals surface area contributed by atoms with Gasteiger partial charge in [-0.15, -0.1) is 0 Å². The molecule has 2 aromatic carbocycles. The van der Waals surface area contributed by atoms with Crippen LogP contribution in [0, 0.1) is 41.1 Å². The Morgan fingerprint density at radius 1 is 0.900 bits per heavy atom. The number of anilines is 1. The molecule has 11 heteroatoms. The molecule has 0 spiro atoms. The van der Waals surface area contributed by atoms with Crippen LogP contribution in [0.15, 0.2) is 30.3 Å². The summed E-state index contributed by atoms with van der Waals surface area (Å²) < 4.78 is 54.3. The van der Waals surface area contributed by atoms with Gasteiger partial charge in [-0.2, -0.15) is 0 Å². The number of aliphatic carboxylic acids is 1. The molecule has 3 saturated carbocycles. The first-order valence-corrected chi connectivity index (χ1v) is 13.5. The lowest BCUT2D eigenvalue weighted by molar-refractivity contribution is -0.143. The van der Waals surface area contributed by atoms with E-state index >= 15 is 0 Å². The molecule has 0 heterocycles. The predicted octanol–water partition coefficient (Wildman–Crippen LogP) is 4.92. The molecule has 2 amide bonds. The molecular weight excluding hydrogens is 529 g/mol. The maximum absolute atomic E-state index is 14.9. The van der Waals surface area contributed by atoms with E-state index in [9.17, 15) is 32.7 Å². The average molecular weight is 561 g/mol. The van der Waals surface area contributed by atoms with E-state index in [1.54, 1.807) is 0 Å². The fourth-order valence-electron chi connectivity index (χ4n) is 6.51.